The quantitative estimate of drug-likeness (QED) is 0.281. The molecule has 0 saturated carbocycles. The van der Waals surface area contributed by atoms with E-state index >= 15 is 0 Å². The lowest BCUT2D eigenvalue weighted by molar-refractivity contribution is -0.142. The van der Waals surface area contributed by atoms with Crippen molar-refractivity contribution >= 4 is 44.4 Å². The van der Waals surface area contributed by atoms with Gasteiger partial charge in [0, 0.05) is 33.1 Å². The number of pyridine rings is 1. The van der Waals surface area contributed by atoms with Crippen LogP contribution in [0.1, 0.15) is 41.3 Å². The molecule has 1 atom stereocenters. The Kier molecular flexibility index (Phi) is 6.80. The molecule has 1 aliphatic rings. The molecule has 7 heteroatoms. The van der Waals surface area contributed by atoms with Crippen molar-refractivity contribution in [3.8, 4) is 11.1 Å². The number of amides is 1. The number of hydrogen-bond donors (Lipinski definition) is 2. The third kappa shape index (κ3) is 5.00. The number of benzene rings is 3. The molecule has 3 aromatic carbocycles. The predicted octanol–water partition coefficient (Wildman–Crippen LogP) is 6.57. The molecule has 186 valence electrons. The third-order valence-electron chi connectivity index (χ3n) is 6.54. The summed E-state index contributed by atoms with van der Waals surface area (Å²) < 4.78 is 0.949. The van der Waals surface area contributed by atoms with Gasteiger partial charge in [-0.1, -0.05) is 76.1 Å². The first-order valence-corrected chi connectivity index (χ1v) is 12.9. The molecule has 0 bridgehead atoms. The second-order valence-corrected chi connectivity index (χ2v) is 10.1. The monoisotopic (exact) mass is 555 g/mol. The number of aryl methyl sites for hydroxylation is 2. The molecule has 2 N–H and O–H groups in total. The van der Waals surface area contributed by atoms with E-state index in [1.807, 2.05) is 74.5 Å². The van der Waals surface area contributed by atoms with Crippen LogP contribution in [0.5, 0.6) is 0 Å². The molecule has 1 aliphatic heterocycles. The van der Waals surface area contributed by atoms with Crippen molar-refractivity contribution in [2.45, 2.75) is 32.7 Å². The molecule has 0 fully saturated rings. The van der Waals surface area contributed by atoms with Gasteiger partial charge >= 0.3 is 5.97 Å². The first-order chi connectivity index (χ1) is 17.8. The first kappa shape index (κ1) is 24.7. The molecule has 0 radical (unpaired) electrons. The Morgan fingerprint density at radius 2 is 1.70 bits per heavy atom. The van der Waals surface area contributed by atoms with Crippen molar-refractivity contribution in [2.75, 3.05) is 0 Å². The number of aromatic nitrogens is 1. The topological polar surface area (TPSA) is 82.5 Å². The summed E-state index contributed by atoms with van der Waals surface area (Å²) in [6.45, 7) is 3.99. The number of halogens is 1. The summed E-state index contributed by atoms with van der Waals surface area (Å²) in [5, 5.41) is 11.7. The Hall–Kier alpha value is -3.97. The zero-order valence-corrected chi connectivity index (χ0v) is 22.1. The number of carboxylic acid groups (broad SMARTS) is 1. The van der Waals surface area contributed by atoms with Crippen LogP contribution in [0.3, 0.4) is 0 Å². The maximum Gasteiger partial charge on any atom is 0.303 e. The van der Waals surface area contributed by atoms with Gasteiger partial charge in [0.1, 0.15) is 0 Å². The Bertz CT molecular complexity index is 1530. The van der Waals surface area contributed by atoms with Crippen molar-refractivity contribution in [1.29, 1.82) is 0 Å². The lowest BCUT2D eigenvalue weighted by atomic mass is 9.92. The Labute approximate surface area is 223 Å². The molecule has 2 heterocycles. The summed E-state index contributed by atoms with van der Waals surface area (Å²) in [6, 6.07) is 23.8. The average Bonchev–Trinajstić information content (AvgIpc) is 3.32. The number of rotatable bonds is 6. The second kappa shape index (κ2) is 10.2. The Morgan fingerprint density at radius 1 is 0.973 bits per heavy atom. The zero-order valence-electron chi connectivity index (χ0n) is 20.5. The number of nitrogens with one attached hydrogen (secondary N) is 1. The summed E-state index contributed by atoms with van der Waals surface area (Å²) in [6.07, 6.45) is 1.70. The molecular weight excluding hydrogens is 530 g/mol. The largest absolute Gasteiger partial charge is 0.481 e. The smallest absolute Gasteiger partial charge is 0.303 e. The van der Waals surface area contributed by atoms with E-state index in [1.54, 1.807) is 5.01 Å². The summed E-state index contributed by atoms with van der Waals surface area (Å²) in [5.41, 5.74) is 10.8. The SMILES string of the molecule is Cc1ccc([C@H]2C=C(c3c(C)nc4ccc(Br)cc4c3-c3ccccc3)NN2C(=O)CCC(=O)O)cc1. The fourth-order valence-electron chi connectivity index (χ4n) is 4.76. The van der Waals surface area contributed by atoms with Crippen LogP contribution in [0.25, 0.3) is 27.7 Å². The molecule has 0 aliphatic carbocycles. The standard InChI is InChI=1S/C30H26BrN3O3/c1-18-8-10-20(11-9-18)26-17-25(33-34(26)27(35)14-15-28(36)37)29-19(2)32-24-13-12-22(31)16-23(24)30(29)21-6-4-3-5-7-21/h3-13,16-17,26,33H,14-15H2,1-2H3,(H,36,37)/t26-/m1/s1. The van der Waals surface area contributed by atoms with Crippen LogP contribution in [0.15, 0.2) is 83.3 Å². The van der Waals surface area contributed by atoms with Crippen molar-refractivity contribution in [3.63, 3.8) is 0 Å². The molecule has 6 nitrogen and oxygen atoms in total. The van der Waals surface area contributed by atoms with E-state index in [9.17, 15) is 9.59 Å². The van der Waals surface area contributed by atoms with Crippen molar-refractivity contribution in [3.05, 3.63) is 106 Å². The summed E-state index contributed by atoms with van der Waals surface area (Å²) >= 11 is 3.61. The highest BCUT2D eigenvalue weighted by molar-refractivity contribution is 9.10. The molecule has 37 heavy (non-hydrogen) atoms. The number of carbonyl (C=O) groups excluding carboxylic acids is 1. The van der Waals surface area contributed by atoms with Crippen molar-refractivity contribution < 1.29 is 14.7 Å². The van der Waals surface area contributed by atoms with E-state index in [1.165, 1.54) is 0 Å². The van der Waals surface area contributed by atoms with Gasteiger partial charge in [0.2, 0.25) is 5.91 Å². The molecule has 5 rings (SSSR count). The van der Waals surface area contributed by atoms with Gasteiger partial charge in [-0.15, -0.1) is 0 Å². The molecule has 4 aromatic rings. The van der Waals surface area contributed by atoms with Crippen LogP contribution in [-0.2, 0) is 9.59 Å². The van der Waals surface area contributed by atoms with Crippen molar-refractivity contribution in [1.82, 2.24) is 15.4 Å². The van der Waals surface area contributed by atoms with Gasteiger partial charge < -0.3 is 5.11 Å². The predicted molar refractivity (Wildman–Crippen MR) is 148 cm³/mol. The Morgan fingerprint density at radius 3 is 2.41 bits per heavy atom. The first-order valence-electron chi connectivity index (χ1n) is 12.1. The maximum atomic E-state index is 13.2. The summed E-state index contributed by atoms with van der Waals surface area (Å²) in [4.78, 5) is 29.3. The number of carboxylic acids is 1. The van der Waals surface area contributed by atoms with Crippen LogP contribution in [-0.4, -0.2) is 27.0 Å². The minimum atomic E-state index is -1.00. The van der Waals surface area contributed by atoms with Gasteiger partial charge in [0.05, 0.1) is 23.7 Å². The maximum absolute atomic E-state index is 13.2. The van der Waals surface area contributed by atoms with E-state index in [2.05, 4.69) is 39.6 Å². The highest BCUT2D eigenvalue weighted by Crippen LogP contribution is 2.41. The highest BCUT2D eigenvalue weighted by Gasteiger charge is 2.33. The fourth-order valence-corrected chi connectivity index (χ4v) is 5.12. The van der Waals surface area contributed by atoms with Crippen molar-refractivity contribution in [2.24, 2.45) is 0 Å². The number of hydrogen-bond acceptors (Lipinski definition) is 4. The van der Waals surface area contributed by atoms with Crippen LogP contribution >= 0.6 is 15.9 Å². The van der Waals surface area contributed by atoms with Crippen LogP contribution in [0, 0.1) is 13.8 Å². The number of hydrazine groups is 1. The van der Waals surface area contributed by atoms with Crippen LogP contribution in [0.4, 0.5) is 0 Å². The lowest BCUT2D eigenvalue weighted by Crippen LogP contribution is -2.39. The van der Waals surface area contributed by atoms with Gasteiger partial charge in [-0.05, 0) is 49.2 Å². The van der Waals surface area contributed by atoms with Gasteiger partial charge in [0.25, 0.3) is 0 Å². The second-order valence-electron chi connectivity index (χ2n) is 9.18. The fraction of sp³-hybridized carbons (Fsp3) is 0.167. The molecule has 0 spiro atoms. The van der Waals surface area contributed by atoms with Crippen LogP contribution < -0.4 is 5.43 Å². The number of carbonyl (C=O) groups is 2. The van der Waals surface area contributed by atoms with E-state index in [4.69, 9.17) is 10.1 Å². The van der Waals surface area contributed by atoms with Gasteiger partial charge in [-0.3, -0.25) is 20.0 Å². The average molecular weight is 556 g/mol. The number of nitrogens with zero attached hydrogens (tertiary/aromatic N) is 2. The van der Waals surface area contributed by atoms with E-state index < -0.39 is 12.0 Å². The number of aliphatic carboxylic acids is 1. The summed E-state index contributed by atoms with van der Waals surface area (Å²) in [7, 11) is 0. The summed E-state index contributed by atoms with van der Waals surface area (Å²) in [5.74, 6) is -1.28. The lowest BCUT2D eigenvalue weighted by Gasteiger charge is -2.26. The molecule has 0 saturated heterocycles. The van der Waals surface area contributed by atoms with E-state index in [-0.39, 0.29) is 18.7 Å². The van der Waals surface area contributed by atoms with Gasteiger partial charge in [-0.25, -0.2) is 5.01 Å². The molecule has 0 unspecified atom stereocenters. The van der Waals surface area contributed by atoms with Gasteiger partial charge in [-0.2, -0.15) is 0 Å². The van der Waals surface area contributed by atoms with Crippen LogP contribution in [0.2, 0.25) is 0 Å². The number of fused-ring (bicyclic) bond motifs is 1. The normalized spacial score (nSPS) is 14.9. The third-order valence-corrected chi connectivity index (χ3v) is 7.04. The minimum absolute atomic E-state index is 0.0980. The Balaban J connectivity index is 1.69. The molecule has 1 amide bonds. The van der Waals surface area contributed by atoms with Gasteiger partial charge in [0.15, 0.2) is 0 Å². The zero-order chi connectivity index (χ0) is 26.1. The minimum Gasteiger partial charge on any atom is -0.481 e. The van der Waals surface area contributed by atoms with E-state index in [0.717, 1.165) is 54.6 Å². The molecular formula is C30H26BrN3O3. The van der Waals surface area contributed by atoms with E-state index in [0.29, 0.717) is 0 Å². The molecule has 1 aromatic heterocycles. The highest BCUT2D eigenvalue weighted by atomic mass is 79.9.